The highest BCUT2D eigenvalue weighted by atomic mass is 35.5. The summed E-state index contributed by atoms with van der Waals surface area (Å²) in [5.41, 5.74) is 1.53. The van der Waals surface area contributed by atoms with Crippen LogP contribution in [0.3, 0.4) is 0 Å². The number of amides is 1. The van der Waals surface area contributed by atoms with E-state index in [1.165, 1.54) is 0 Å². The number of benzene rings is 1. The van der Waals surface area contributed by atoms with E-state index in [2.05, 4.69) is 5.32 Å². The maximum Gasteiger partial charge on any atom is 0.414 e. The molecule has 0 bridgehead atoms. The first-order valence-corrected chi connectivity index (χ1v) is 6.27. The quantitative estimate of drug-likeness (QED) is 0.799. The summed E-state index contributed by atoms with van der Waals surface area (Å²) in [7, 11) is 0. The lowest BCUT2D eigenvalue weighted by molar-refractivity contribution is 0.181. The third kappa shape index (κ3) is 2.86. The zero-order valence-corrected chi connectivity index (χ0v) is 10.6. The van der Waals surface area contributed by atoms with Gasteiger partial charge in [-0.2, -0.15) is 0 Å². The SMILES string of the molecule is O=C1OCCN1c1ccccc1NCC(O)CCl. The predicted octanol–water partition coefficient (Wildman–Crippen LogP) is 1.65. The van der Waals surface area contributed by atoms with Crippen molar-refractivity contribution in [2.45, 2.75) is 6.10 Å². The van der Waals surface area contributed by atoms with Crippen LogP contribution in [0.1, 0.15) is 0 Å². The van der Waals surface area contributed by atoms with Crippen LogP contribution in [0.5, 0.6) is 0 Å². The van der Waals surface area contributed by atoms with Gasteiger partial charge in [-0.25, -0.2) is 4.79 Å². The molecule has 1 unspecified atom stereocenters. The van der Waals surface area contributed by atoms with E-state index in [0.717, 1.165) is 11.4 Å². The fraction of sp³-hybridized carbons (Fsp3) is 0.417. The van der Waals surface area contributed by atoms with Crippen molar-refractivity contribution in [1.82, 2.24) is 0 Å². The Morgan fingerprint density at radius 1 is 1.50 bits per heavy atom. The lowest BCUT2D eigenvalue weighted by atomic mass is 10.2. The Morgan fingerprint density at radius 3 is 2.94 bits per heavy atom. The molecule has 0 aliphatic carbocycles. The van der Waals surface area contributed by atoms with E-state index in [0.29, 0.717) is 19.7 Å². The zero-order chi connectivity index (χ0) is 13.0. The van der Waals surface area contributed by atoms with E-state index in [1.54, 1.807) is 4.90 Å². The standard InChI is InChI=1S/C12H15ClN2O3/c13-7-9(16)8-14-10-3-1-2-4-11(10)15-5-6-18-12(15)17/h1-4,9,14,16H,5-8H2. The van der Waals surface area contributed by atoms with E-state index < -0.39 is 6.10 Å². The number of halogens is 1. The Morgan fingerprint density at radius 2 is 2.28 bits per heavy atom. The van der Waals surface area contributed by atoms with E-state index >= 15 is 0 Å². The molecule has 18 heavy (non-hydrogen) atoms. The van der Waals surface area contributed by atoms with Crippen LogP contribution in [0.2, 0.25) is 0 Å². The number of hydrogen-bond donors (Lipinski definition) is 2. The molecule has 1 saturated heterocycles. The molecule has 1 atom stereocenters. The molecule has 2 rings (SSSR count). The van der Waals surface area contributed by atoms with Gasteiger partial charge in [0.05, 0.1) is 29.9 Å². The van der Waals surface area contributed by atoms with Crippen molar-refractivity contribution in [2.24, 2.45) is 0 Å². The van der Waals surface area contributed by atoms with Gasteiger partial charge in [0.15, 0.2) is 0 Å². The number of hydrogen-bond acceptors (Lipinski definition) is 4. The van der Waals surface area contributed by atoms with Crippen molar-refractivity contribution in [3.8, 4) is 0 Å². The van der Waals surface area contributed by atoms with Gasteiger partial charge in [-0.1, -0.05) is 12.1 Å². The van der Waals surface area contributed by atoms with E-state index in [-0.39, 0.29) is 12.0 Å². The van der Waals surface area contributed by atoms with Crippen molar-refractivity contribution in [2.75, 3.05) is 35.8 Å². The van der Waals surface area contributed by atoms with Crippen molar-refractivity contribution in [3.05, 3.63) is 24.3 Å². The lowest BCUT2D eigenvalue weighted by Gasteiger charge is -2.19. The van der Waals surface area contributed by atoms with Gasteiger partial charge >= 0.3 is 6.09 Å². The van der Waals surface area contributed by atoms with Gasteiger partial charge in [0.1, 0.15) is 6.61 Å². The lowest BCUT2D eigenvalue weighted by Crippen LogP contribution is -2.26. The monoisotopic (exact) mass is 270 g/mol. The summed E-state index contributed by atoms with van der Waals surface area (Å²) < 4.78 is 4.91. The molecule has 0 saturated carbocycles. The third-order valence-corrected chi connectivity index (χ3v) is 3.02. The minimum atomic E-state index is -0.620. The number of cyclic esters (lactones) is 1. The number of carbonyl (C=O) groups excluding carboxylic acids is 1. The summed E-state index contributed by atoms with van der Waals surface area (Å²) in [6, 6.07) is 7.40. The number of alkyl halides is 1. The fourth-order valence-electron chi connectivity index (χ4n) is 1.75. The summed E-state index contributed by atoms with van der Waals surface area (Å²) in [4.78, 5) is 13.1. The number of carbonyl (C=O) groups is 1. The number of ether oxygens (including phenoxy) is 1. The molecule has 0 spiro atoms. The van der Waals surface area contributed by atoms with Gasteiger partial charge < -0.3 is 15.2 Å². The molecular weight excluding hydrogens is 256 g/mol. The Bertz CT molecular complexity index is 428. The van der Waals surface area contributed by atoms with Crippen molar-refractivity contribution in [1.29, 1.82) is 0 Å². The first-order chi connectivity index (χ1) is 8.72. The highest BCUT2D eigenvalue weighted by molar-refractivity contribution is 6.18. The smallest absolute Gasteiger partial charge is 0.414 e. The summed E-state index contributed by atoms with van der Waals surface area (Å²) in [5.74, 6) is 0.168. The second-order valence-corrected chi connectivity index (χ2v) is 4.28. The third-order valence-electron chi connectivity index (χ3n) is 2.66. The molecule has 1 heterocycles. The van der Waals surface area contributed by atoms with Gasteiger partial charge in [0, 0.05) is 6.54 Å². The van der Waals surface area contributed by atoms with Crippen LogP contribution < -0.4 is 10.2 Å². The van der Waals surface area contributed by atoms with Crippen molar-refractivity contribution < 1.29 is 14.6 Å². The highest BCUT2D eigenvalue weighted by Crippen LogP contribution is 2.27. The number of para-hydroxylation sites is 2. The second kappa shape index (κ2) is 5.93. The molecule has 1 aliphatic heterocycles. The molecule has 1 aliphatic rings. The molecular formula is C12H15ClN2O3. The number of nitrogens with one attached hydrogen (secondary N) is 1. The first-order valence-electron chi connectivity index (χ1n) is 5.73. The number of anilines is 2. The topological polar surface area (TPSA) is 61.8 Å². The molecule has 0 aromatic heterocycles. The summed E-state index contributed by atoms with van der Waals surface area (Å²) in [5, 5.41) is 12.5. The average Bonchev–Trinajstić information content (AvgIpc) is 2.82. The minimum Gasteiger partial charge on any atom is -0.447 e. The number of nitrogens with zero attached hydrogens (tertiary/aromatic N) is 1. The first kappa shape index (κ1) is 13.0. The number of rotatable bonds is 5. The van der Waals surface area contributed by atoms with Crippen molar-refractivity contribution in [3.63, 3.8) is 0 Å². The molecule has 1 aromatic rings. The molecule has 1 aromatic carbocycles. The summed E-state index contributed by atoms with van der Waals surface area (Å²) >= 11 is 5.53. The maximum atomic E-state index is 11.5. The van der Waals surface area contributed by atoms with Gasteiger partial charge in [-0.3, -0.25) is 4.90 Å². The predicted molar refractivity (Wildman–Crippen MR) is 70.4 cm³/mol. The molecule has 1 amide bonds. The summed E-state index contributed by atoms with van der Waals surface area (Å²) in [6.07, 6.45) is -0.965. The number of aliphatic hydroxyl groups is 1. The summed E-state index contributed by atoms with van der Waals surface area (Å²) in [6.45, 7) is 1.27. The van der Waals surface area contributed by atoms with Gasteiger partial charge in [0.2, 0.25) is 0 Å². The van der Waals surface area contributed by atoms with Crippen LogP contribution in [0.4, 0.5) is 16.2 Å². The largest absolute Gasteiger partial charge is 0.447 e. The molecule has 5 nitrogen and oxygen atoms in total. The van der Waals surface area contributed by atoms with Crippen LogP contribution in [0.15, 0.2) is 24.3 Å². The van der Waals surface area contributed by atoms with E-state index in [1.807, 2.05) is 24.3 Å². The molecule has 1 fully saturated rings. The number of aliphatic hydroxyl groups excluding tert-OH is 1. The van der Waals surface area contributed by atoms with Gasteiger partial charge in [-0.05, 0) is 12.1 Å². The Balaban J connectivity index is 2.12. The fourth-order valence-corrected chi connectivity index (χ4v) is 1.86. The van der Waals surface area contributed by atoms with Gasteiger partial charge in [-0.15, -0.1) is 11.6 Å². The maximum absolute atomic E-state index is 11.5. The van der Waals surface area contributed by atoms with Crippen LogP contribution >= 0.6 is 11.6 Å². The second-order valence-electron chi connectivity index (χ2n) is 3.97. The van der Waals surface area contributed by atoms with Crippen LogP contribution in [-0.4, -0.2) is 42.9 Å². The molecule has 6 heteroatoms. The Hall–Kier alpha value is -1.46. The Labute approximate surface area is 110 Å². The van der Waals surface area contributed by atoms with Gasteiger partial charge in [0.25, 0.3) is 0 Å². The van der Waals surface area contributed by atoms with Crippen LogP contribution in [0.25, 0.3) is 0 Å². The minimum absolute atomic E-state index is 0.168. The normalized spacial score (nSPS) is 16.6. The van der Waals surface area contributed by atoms with E-state index in [4.69, 9.17) is 16.3 Å². The van der Waals surface area contributed by atoms with Crippen molar-refractivity contribution >= 4 is 29.1 Å². The molecule has 0 radical (unpaired) electrons. The van der Waals surface area contributed by atoms with Crippen LogP contribution in [0, 0.1) is 0 Å². The highest BCUT2D eigenvalue weighted by Gasteiger charge is 2.25. The van der Waals surface area contributed by atoms with E-state index in [9.17, 15) is 9.90 Å². The van der Waals surface area contributed by atoms with Crippen LogP contribution in [-0.2, 0) is 4.74 Å². The molecule has 2 N–H and O–H groups in total. The Kier molecular flexibility index (Phi) is 4.28. The average molecular weight is 271 g/mol. The zero-order valence-electron chi connectivity index (χ0n) is 9.80. The molecule has 98 valence electrons.